The second kappa shape index (κ2) is 5.85. The second-order valence-corrected chi connectivity index (χ2v) is 3.50. The van der Waals surface area contributed by atoms with Crippen LogP contribution in [0.4, 0.5) is 0 Å². The van der Waals surface area contributed by atoms with E-state index in [9.17, 15) is 9.59 Å². The monoisotopic (exact) mass is 218 g/mol. The van der Waals surface area contributed by atoms with E-state index in [1.165, 1.54) is 13.0 Å². The van der Waals surface area contributed by atoms with Crippen LogP contribution in [0.15, 0.2) is 42.0 Å². The van der Waals surface area contributed by atoms with Gasteiger partial charge in [-0.2, -0.15) is 0 Å². The van der Waals surface area contributed by atoms with E-state index in [0.717, 1.165) is 5.56 Å². The summed E-state index contributed by atoms with van der Waals surface area (Å²) in [6.45, 7) is 3.19. The largest absolute Gasteiger partial charge is 0.457 e. The van der Waals surface area contributed by atoms with E-state index < -0.39 is 5.97 Å². The molecule has 0 atom stereocenters. The smallest absolute Gasteiger partial charge is 0.334 e. The Bertz CT molecular complexity index is 404. The Hall–Kier alpha value is -1.90. The predicted octanol–water partition coefficient (Wildman–Crippen LogP) is 2.27. The minimum absolute atomic E-state index is 0.158. The van der Waals surface area contributed by atoms with Crippen molar-refractivity contribution in [3.63, 3.8) is 0 Å². The van der Waals surface area contributed by atoms with Gasteiger partial charge in [0.05, 0.1) is 0 Å². The first-order chi connectivity index (χ1) is 7.59. The third kappa shape index (κ3) is 4.09. The number of carbonyl (C=O) groups excluding carboxylic acids is 2. The zero-order valence-corrected chi connectivity index (χ0v) is 9.40. The highest BCUT2D eigenvalue weighted by Gasteiger charge is 2.06. The van der Waals surface area contributed by atoms with Crippen molar-refractivity contribution in [3.8, 4) is 0 Å². The second-order valence-electron chi connectivity index (χ2n) is 3.50. The Labute approximate surface area is 94.7 Å². The fraction of sp³-hybridized carbons (Fsp3) is 0.231. The number of rotatable bonds is 4. The van der Waals surface area contributed by atoms with Crippen LogP contribution in [0.2, 0.25) is 0 Å². The molecule has 84 valence electrons. The highest BCUT2D eigenvalue weighted by atomic mass is 16.5. The average molecular weight is 218 g/mol. The molecule has 1 aromatic rings. The lowest BCUT2D eigenvalue weighted by atomic mass is 10.2. The molecule has 1 rings (SSSR count). The fourth-order valence-electron chi connectivity index (χ4n) is 1.20. The molecular formula is C13H14O3. The lowest BCUT2D eigenvalue weighted by Gasteiger charge is -2.04. The van der Waals surface area contributed by atoms with Gasteiger partial charge in [-0.3, -0.25) is 4.79 Å². The van der Waals surface area contributed by atoms with Gasteiger partial charge in [-0.15, -0.1) is 0 Å². The fourth-order valence-corrected chi connectivity index (χ4v) is 1.20. The predicted molar refractivity (Wildman–Crippen MR) is 60.7 cm³/mol. The Morgan fingerprint density at radius 1 is 1.19 bits per heavy atom. The number of esters is 1. The summed E-state index contributed by atoms with van der Waals surface area (Å²) in [4.78, 5) is 22.2. The van der Waals surface area contributed by atoms with E-state index >= 15 is 0 Å². The van der Waals surface area contributed by atoms with E-state index in [4.69, 9.17) is 4.74 Å². The average Bonchev–Trinajstić information content (AvgIpc) is 2.26. The normalized spacial score (nSPS) is 11.0. The van der Waals surface area contributed by atoms with Crippen LogP contribution in [0, 0.1) is 0 Å². The molecule has 0 aromatic heterocycles. The summed E-state index contributed by atoms with van der Waals surface area (Å²) in [6.07, 6.45) is 1.27. The van der Waals surface area contributed by atoms with Gasteiger partial charge in [0.1, 0.15) is 6.61 Å². The van der Waals surface area contributed by atoms with E-state index in [1.807, 2.05) is 30.3 Å². The van der Waals surface area contributed by atoms with Crippen LogP contribution in [0.3, 0.4) is 0 Å². The minimum atomic E-state index is -0.459. The van der Waals surface area contributed by atoms with Gasteiger partial charge in [0.25, 0.3) is 0 Å². The van der Waals surface area contributed by atoms with Crippen molar-refractivity contribution in [2.45, 2.75) is 20.5 Å². The first kappa shape index (κ1) is 12.2. The SMILES string of the molecule is CC(=O)C=C(C)C(=O)OCc1ccccc1. The molecule has 16 heavy (non-hydrogen) atoms. The maximum absolute atomic E-state index is 11.4. The molecule has 0 fully saturated rings. The number of hydrogen-bond donors (Lipinski definition) is 0. The molecule has 3 nitrogen and oxygen atoms in total. The summed E-state index contributed by atoms with van der Waals surface area (Å²) < 4.78 is 5.03. The van der Waals surface area contributed by atoms with Gasteiger partial charge in [0.15, 0.2) is 5.78 Å². The lowest BCUT2D eigenvalue weighted by molar-refractivity contribution is -0.140. The standard InChI is InChI=1S/C13H14O3/c1-10(8-11(2)14)13(15)16-9-12-6-4-3-5-7-12/h3-8H,9H2,1-2H3. The Morgan fingerprint density at radius 2 is 1.81 bits per heavy atom. The third-order valence-electron chi connectivity index (χ3n) is 1.95. The van der Waals surface area contributed by atoms with Gasteiger partial charge in [0, 0.05) is 5.57 Å². The molecule has 0 amide bonds. The molecule has 0 aliphatic carbocycles. The lowest BCUT2D eigenvalue weighted by Crippen LogP contribution is -2.06. The van der Waals surface area contributed by atoms with Crippen LogP contribution in [0.25, 0.3) is 0 Å². The molecule has 0 unspecified atom stereocenters. The van der Waals surface area contributed by atoms with E-state index in [0.29, 0.717) is 5.57 Å². The van der Waals surface area contributed by atoms with E-state index in [-0.39, 0.29) is 12.4 Å². The quantitative estimate of drug-likeness (QED) is 0.575. The van der Waals surface area contributed by atoms with Crippen LogP contribution in [0.5, 0.6) is 0 Å². The van der Waals surface area contributed by atoms with Gasteiger partial charge in [0.2, 0.25) is 0 Å². The minimum Gasteiger partial charge on any atom is -0.457 e. The summed E-state index contributed by atoms with van der Waals surface area (Å²) in [5.74, 6) is -0.617. The summed E-state index contributed by atoms with van der Waals surface area (Å²) in [5, 5.41) is 0. The number of carbonyl (C=O) groups is 2. The molecule has 0 saturated heterocycles. The first-order valence-corrected chi connectivity index (χ1v) is 4.99. The first-order valence-electron chi connectivity index (χ1n) is 4.99. The van der Waals surface area contributed by atoms with Crippen molar-refractivity contribution < 1.29 is 14.3 Å². The van der Waals surface area contributed by atoms with Gasteiger partial charge in [-0.05, 0) is 25.5 Å². The van der Waals surface area contributed by atoms with Crippen molar-refractivity contribution in [2.24, 2.45) is 0 Å². The molecule has 0 bridgehead atoms. The number of allylic oxidation sites excluding steroid dienone is 1. The molecule has 3 heteroatoms. The van der Waals surface area contributed by atoms with Crippen molar-refractivity contribution in [3.05, 3.63) is 47.5 Å². The van der Waals surface area contributed by atoms with Crippen molar-refractivity contribution in [1.82, 2.24) is 0 Å². The highest BCUT2D eigenvalue weighted by Crippen LogP contribution is 2.04. The van der Waals surface area contributed by atoms with Gasteiger partial charge >= 0.3 is 5.97 Å². The van der Waals surface area contributed by atoms with Crippen LogP contribution in [0.1, 0.15) is 19.4 Å². The molecule has 0 spiro atoms. The maximum atomic E-state index is 11.4. The number of ether oxygens (including phenoxy) is 1. The van der Waals surface area contributed by atoms with Crippen LogP contribution in [-0.2, 0) is 20.9 Å². The van der Waals surface area contributed by atoms with Gasteiger partial charge < -0.3 is 4.74 Å². The molecule has 1 aromatic carbocycles. The Balaban J connectivity index is 2.51. The number of hydrogen-bond acceptors (Lipinski definition) is 3. The van der Waals surface area contributed by atoms with Gasteiger partial charge in [-0.1, -0.05) is 30.3 Å². The van der Waals surface area contributed by atoms with Crippen LogP contribution >= 0.6 is 0 Å². The number of ketones is 1. The summed E-state index contributed by atoms with van der Waals surface area (Å²) >= 11 is 0. The van der Waals surface area contributed by atoms with Crippen molar-refractivity contribution >= 4 is 11.8 Å². The van der Waals surface area contributed by atoms with E-state index in [1.54, 1.807) is 6.92 Å². The number of benzene rings is 1. The zero-order chi connectivity index (χ0) is 12.0. The molecule has 0 N–H and O–H groups in total. The van der Waals surface area contributed by atoms with Gasteiger partial charge in [-0.25, -0.2) is 4.79 Å². The molecular weight excluding hydrogens is 204 g/mol. The molecule has 0 aliphatic rings. The Morgan fingerprint density at radius 3 is 2.38 bits per heavy atom. The van der Waals surface area contributed by atoms with E-state index in [2.05, 4.69) is 0 Å². The van der Waals surface area contributed by atoms with Crippen LogP contribution < -0.4 is 0 Å². The zero-order valence-electron chi connectivity index (χ0n) is 9.40. The molecule has 0 aliphatic heterocycles. The summed E-state index contributed by atoms with van der Waals surface area (Å²) in [6, 6.07) is 9.39. The molecule has 0 saturated carbocycles. The third-order valence-corrected chi connectivity index (χ3v) is 1.95. The molecule has 0 radical (unpaired) electrons. The maximum Gasteiger partial charge on any atom is 0.334 e. The topological polar surface area (TPSA) is 43.4 Å². The van der Waals surface area contributed by atoms with Crippen molar-refractivity contribution in [1.29, 1.82) is 0 Å². The summed E-state index contributed by atoms with van der Waals surface area (Å²) in [7, 11) is 0. The van der Waals surface area contributed by atoms with Crippen molar-refractivity contribution in [2.75, 3.05) is 0 Å². The summed E-state index contributed by atoms with van der Waals surface area (Å²) in [5.41, 5.74) is 1.25. The highest BCUT2D eigenvalue weighted by molar-refractivity contribution is 5.97. The molecule has 0 heterocycles. The Kier molecular flexibility index (Phi) is 4.45. The van der Waals surface area contributed by atoms with Crippen LogP contribution in [-0.4, -0.2) is 11.8 Å².